The molecule has 19 heavy (non-hydrogen) atoms. The Morgan fingerprint density at radius 1 is 1.47 bits per heavy atom. The molecule has 0 aliphatic heterocycles. The van der Waals surface area contributed by atoms with E-state index in [2.05, 4.69) is 10.3 Å². The van der Waals surface area contributed by atoms with Crippen molar-refractivity contribution in [3.05, 3.63) is 16.6 Å². The van der Waals surface area contributed by atoms with Crippen LogP contribution >= 0.6 is 11.3 Å². The standard InChI is InChI=1S/C13H18N2O3S/c1-2-8-5-9(10(6-8)13(17)18)12(16)15-7-11-14-3-4-19-11/h3-4,8-10H,2,5-7H2,1H3,(H,15,16)(H,17,18). The van der Waals surface area contributed by atoms with Crippen molar-refractivity contribution in [2.75, 3.05) is 0 Å². The molecule has 1 aromatic heterocycles. The lowest BCUT2D eigenvalue weighted by Crippen LogP contribution is -2.34. The van der Waals surface area contributed by atoms with Crippen molar-refractivity contribution in [1.29, 1.82) is 0 Å². The van der Waals surface area contributed by atoms with Crippen LogP contribution < -0.4 is 5.32 Å². The summed E-state index contributed by atoms with van der Waals surface area (Å²) in [6.45, 7) is 2.43. The predicted octanol–water partition coefficient (Wildman–Crippen LogP) is 1.90. The Balaban J connectivity index is 1.94. The molecule has 0 spiro atoms. The van der Waals surface area contributed by atoms with E-state index in [0.29, 0.717) is 25.3 Å². The number of aliphatic carboxylic acids is 1. The van der Waals surface area contributed by atoms with Gasteiger partial charge in [-0.2, -0.15) is 0 Å². The molecule has 1 aliphatic carbocycles. The summed E-state index contributed by atoms with van der Waals surface area (Å²) in [5.41, 5.74) is 0. The van der Waals surface area contributed by atoms with Crippen molar-refractivity contribution in [3.8, 4) is 0 Å². The first-order valence-electron chi connectivity index (χ1n) is 6.50. The summed E-state index contributed by atoms with van der Waals surface area (Å²) in [6, 6.07) is 0. The Morgan fingerprint density at radius 2 is 2.21 bits per heavy atom. The molecule has 2 N–H and O–H groups in total. The molecule has 1 heterocycles. The van der Waals surface area contributed by atoms with Crippen LogP contribution in [0.2, 0.25) is 0 Å². The number of thiazole rings is 1. The SMILES string of the molecule is CCC1CC(C(=O)O)C(C(=O)NCc2nccs2)C1. The van der Waals surface area contributed by atoms with Gasteiger partial charge in [0.05, 0.1) is 18.4 Å². The number of carbonyl (C=O) groups is 2. The number of carbonyl (C=O) groups excluding carboxylic acids is 1. The van der Waals surface area contributed by atoms with Gasteiger partial charge in [-0.3, -0.25) is 9.59 Å². The first-order valence-corrected chi connectivity index (χ1v) is 7.38. The molecular formula is C13H18N2O3S. The quantitative estimate of drug-likeness (QED) is 0.864. The molecule has 1 saturated carbocycles. The van der Waals surface area contributed by atoms with Gasteiger partial charge in [0, 0.05) is 11.6 Å². The lowest BCUT2D eigenvalue weighted by molar-refractivity contribution is -0.146. The molecule has 1 aliphatic rings. The van der Waals surface area contributed by atoms with E-state index in [4.69, 9.17) is 0 Å². The number of aromatic nitrogens is 1. The summed E-state index contributed by atoms with van der Waals surface area (Å²) in [7, 11) is 0. The number of rotatable bonds is 5. The molecular weight excluding hydrogens is 264 g/mol. The second-order valence-corrected chi connectivity index (χ2v) is 5.92. The number of hydrogen-bond donors (Lipinski definition) is 2. The Hall–Kier alpha value is -1.43. The van der Waals surface area contributed by atoms with E-state index in [0.717, 1.165) is 11.4 Å². The van der Waals surface area contributed by atoms with Gasteiger partial charge in [0.15, 0.2) is 0 Å². The third kappa shape index (κ3) is 3.32. The molecule has 104 valence electrons. The van der Waals surface area contributed by atoms with E-state index in [1.807, 2.05) is 12.3 Å². The number of hydrogen-bond acceptors (Lipinski definition) is 4. The minimum Gasteiger partial charge on any atom is -0.481 e. The Labute approximate surface area is 116 Å². The normalized spacial score (nSPS) is 26.3. The smallest absolute Gasteiger partial charge is 0.307 e. The van der Waals surface area contributed by atoms with Crippen molar-refractivity contribution in [3.63, 3.8) is 0 Å². The second-order valence-electron chi connectivity index (χ2n) is 4.94. The summed E-state index contributed by atoms with van der Waals surface area (Å²) in [5, 5.41) is 14.7. The molecule has 0 aromatic carbocycles. The summed E-state index contributed by atoms with van der Waals surface area (Å²) >= 11 is 1.48. The van der Waals surface area contributed by atoms with Crippen molar-refractivity contribution in [2.45, 2.75) is 32.7 Å². The molecule has 6 heteroatoms. The van der Waals surface area contributed by atoms with Crippen LogP contribution in [0.5, 0.6) is 0 Å². The zero-order valence-corrected chi connectivity index (χ0v) is 11.7. The molecule has 0 saturated heterocycles. The predicted molar refractivity (Wildman–Crippen MR) is 71.6 cm³/mol. The summed E-state index contributed by atoms with van der Waals surface area (Å²) in [4.78, 5) is 27.4. The number of nitrogens with one attached hydrogen (secondary N) is 1. The molecule has 1 fully saturated rings. The van der Waals surface area contributed by atoms with Gasteiger partial charge in [0.2, 0.25) is 5.91 Å². The van der Waals surface area contributed by atoms with Crippen molar-refractivity contribution >= 4 is 23.2 Å². The third-order valence-corrected chi connectivity index (χ3v) is 4.57. The number of amides is 1. The number of carboxylic acids is 1. The average molecular weight is 282 g/mol. The summed E-state index contributed by atoms with van der Waals surface area (Å²) < 4.78 is 0. The molecule has 5 nitrogen and oxygen atoms in total. The molecule has 0 radical (unpaired) electrons. The number of carboxylic acid groups (broad SMARTS) is 1. The van der Waals surface area contributed by atoms with Gasteiger partial charge in [-0.05, 0) is 18.8 Å². The Bertz CT molecular complexity index is 447. The van der Waals surface area contributed by atoms with E-state index in [1.54, 1.807) is 6.20 Å². The molecule has 0 bridgehead atoms. The molecule has 1 aromatic rings. The van der Waals surface area contributed by atoms with Gasteiger partial charge in [-0.1, -0.05) is 13.3 Å². The Kier molecular flexibility index (Phi) is 4.52. The maximum absolute atomic E-state index is 12.1. The third-order valence-electron chi connectivity index (χ3n) is 3.79. The lowest BCUT2D eigenvalue weighted by atomic mass is 9.95. The Morgan fingerprint density at radius 3 is 2.79 bits per heavy atom. The van der Waals surface area contributed by atoms with E-state index in [1.165, 1.54) is 11.3 Å². The van der Waals surface area contributed by atoms with Crippen LogP contribution in [0.4, 0.5) is 0 Å². The fourth-order valence-corrected chi connectivity index (χ4v) is 3.23. The number of nitrogens with zero attached hydrogens (tertiary/aromatic N) is 1. The zero-order chi connectivity index (χ0) is 13.8. The fourth-order valence-electron chi connectivity index (χ4n) is 2.67. The van der Waals surface area contributed by atoms with Crippen LogP contribution in [-0.4, -0.2) is 22.0 Å². The second kappa shape index (κ2) is 6.14. The van der Waals surface area contributed by atoms with Gasteiger partial charge in [-0.25, -0.2) is 4.98 Å². The summed E-state index contributed by atoms with van der Waals surface area (Å²) in [5.74, 6) is -1.61. The molecule has 2 rings (SSSR count). The zero-order valence-electron chi connectivity index (χ0n) is 10.8. The first kappa shape index (κ1) is 14.0. The van der Waals surface area contributed by atoms with E-state index in [-0.39, 0.29) is 5.91 Å². The highest BCUT2D eigenvalue weighted by atomic mass is 32.1. The fraction of sp³-hybridized carbons (Fsp3) is 0.615. The largest absolute Gasteiger partial charge is 0.481 e. The highest BCUT2D eigenvalue weighted by molar-refractivity contribution is 7.09. The van der Waals surface area contributed by atoms with Crippen LogP contribution in [0, 0.1) is 17.8 Å². The first-order chi connectivity index (χ1) is 9.11. The monoisotopic (exact) mass is 282 g/mol. The van der Waals surface area contributed by atoms with Gasteiger partial charge in [-0.15, -0.1) is 11.3 Å². The topological polar surface area (TPSA) is 79.3 Å². The van der Waals surface area contributed by atoms with Crippen molar-refractivity contribution < 1.29 is 14.7 Å². The minimum absolute atomic E-state index is 0.154. The maximum atomic E-state index is 12.1. The van der Waals surface area contributed by atoms with E-state index < -0.39 is 17.8 Å². The van der Waals surface area contributed by atoms with E-state index >= 15 is 0 Å². The summed E-state index contributed by atoms with van der Waals surface area (Å²) in [6.07, 6.45) is 3.91. The van der Waals surface area contributed by atoms with E-state index in [9.17, 15) is 14.7 Å². The maximum Gasteiger partial charge on any atom is 0.307 e. The van der Waals surface area contributed by atoms with Gasteiger partial charge in [0.25, 0.3) is 0 Å². The van der Waals surface area contributed by atoms with Crippen LogP contribution in [-0.2, 0) is 16.1 Å². The van der Waals surface area contributed by atoms with Crippen molar-refractivity contribution in [2.24, 2.45) is 17.8 Å². The van der Waals surface area contributed by atoms with Crippen LogP contribution in [0.25, 0.3) is 0 Å². The molecule has 3 atom stereocenters. The molecule has 1 amide bonds. The minimum atomic E-state index is -0.856. The van der Waals surface area contributed by atoms with Crippen LogP contribution in [0.1, 0.15) is 31.2 Å². The average Bonchev–Trinajstić information content (AvgIpc) is 3.04. The van der Waals surface area contributed by atoms with Gasteiger partial charge in [0.1, 0.15) is 5.01 Å². The molecule has 3 unspecified atom stereocenters. The lowest BCUT2D eigenvalue weighted by Gasteiger charge is -2.14. The highest BCUT2D eigenvalue weighted by Crippen LogP contribution is 2.38. The van der Waals surface area contributed by atoms with Crippen LogP contribution in [0.3, 0.4) is 0 Å². The van der Waals surface area contributed by atoms with Gasteiger partial charge < -0.3 is 10.4 Å². The van der Waals surface area contributed by atoms with Gasteiger partial charge >= 0.3 is 5.97 Å². The van der Waals surface area contributed by atoms with Crippen LogP contribution in [0.15, 0.2) is 11.6 Å². The highest BCUT2D eigenvalue weighted by Gasteiger charge is 2.41. The van der Waals surface area contributed by atoms with Crippen molar-refractivity contribution in [1.82, 2.24) is 10.3 Å².